The van der Waals surface area contributed by atoms with E-state index < -0.39 is 0 Å². The number of nitrogens with zero attached hydrogens (tertiary/aromatic N) is 3. The summed E-state index contributed by atoms with van der Waals surface area (Å²) in [4.78, 5) is 27.6. The minimum Gasteiger partial charge on any atom is -0.497 e. The van der Waals surface area contributed by atoms with Gasteiger partial charge < -0.3 is 20.3 Å². The molecule has 3 aromatic rings. The molecule has 0 atom stereocenters. The number of likely N-dealkylation sites (tertiary alicyclic amines) is 1. The van der Waals surface area contributed by atoms with Gasteiger partial charge in [-0.25, -0.2) is 9.48 Å². The Balaban J connectivity index is 1.36. The summed E-state index contributed by atoms with van der Waals surface area (Å²) in [6, 6.07) is 15.0. The first-order valence-electron chi connectivity index (χ1n) is 11.5. The highest BCUT2D eigenvalue weighted by Gasteiger charge is 2.14. The number of fused-ring (bicyclic) bond motifs is 1. The van der Waals surface area contributed by atoms with Gasteiger partial charge in [-0.2, -0.15) is 5.10 Å². The van der Waals surface area contributed by atoms with Crippen molar-refractivity contribution in [2.24, 2.45) is 0 Å². The van der Waals surface area contributed by atoms with Crippen molar-refractivity contribution in [3.63, 3.8) is 0 Å². The van der Waals surface area contributed by atoms with E-state index in [1.54, 1.807) is 11.8 Å². The van der Waals surface area contributed by atoms with Gasteiger partial charge in [0.1, 0.15) is 5.75 Å². The maximum atomic E-state index is 12.9. The zero-order valence-electron chi connectivity index (χ0n) is 19.0. The molecule has 0 spiro atoms. The normalized spacial score (nSPS) is 13.8. The first-order valence-corrected chi connectivity index (χ1v) is 11.5. The molecule has 174 valence electrons. The van der Waals surface area contributed by atoms with Crippen LogP contribution in [0, 0.1) is 0 Å². The molecule has 1 aliphatic rings. The van der Waals surface area contributed by atoms with E-state index in [4.69, 9.17) is 4.74 Å². The Morgan fingerprint density at radius 2 is 1.73 bits per heavy atom. The van der Waals surface area contributed by atoms with Gasteiger partial charge in [-0.1, -0.05) is 30.3 Å². The Morgan fingerprint density at radius 1 is 1.00 bits per heavy atom. The van der Waals surface area contributed by atoms with Crippen molar-refractivity contribution in [2.75, 3.05) is 33.3 Å². The van der Waals surface area contributed by atoms with Crippen molar-refractivity contribution in [3.05, 3.63) is 70.1 Å². The fraction of sp³-hybridized carbons (Fsp3) is 0.400. The van der Waals surface area contributed by atoms with Crippen LogP contribution in [0.15, 0.2) is 53.3 Å². The summed E-state index contributed by atoms with van der Waals surface area (Å²) in [5.41, 5.74) is 1.73. The van der Waals surface area contributed by atoms with Crippen LogP contribution in [0.5, 0.6) is 5.75 Å². The van der Waals surface area contributed by atoms with Crippen LogP contribution < -0.4 is 20.9 Å². The molecule has 1 aromatic heterocycles. The Bertz CT molecular complexity index is 1140. The molecular formula is C25H31N5O3. The number of hydrogen-bond acceptors (Lipinski definition) is 5. The molecule has 0 bridgehead atoms. The number of carbonyl (C=O) groups is 1. The molecule has 2 amide bonds. The molecule has 8 nitrogen and oxygen atoms in total. The van der Waals surface area contributed by atoms with Gasteiger partial charge in [0.05, 0.1) is 31.3 Å². The lowest BCUT2D eigenvalue weighted by atomic mass is 10.1. The van der Waals surface area contributed by atoms with E-state index in [0.717, 1.165) is 42.8 Å². The van der Waals surface area contributed by atoms with E-state index >= 15 is 0 Å². The van der Waals surface area contributed by atoms with Gasteiger partial charge >= 0.3 is 6.03 Å². The van der Waals surface area contributed by atoms with E-state index in [1.165, 1.54) is 12.8 Å². The molecule has 0 aliphatic carbocycles. The molecule has 2 N–H and O–H groups in total. The summed E-state index contributed by atoms with van der Waals surface area (Å²) in [5.74, 6) is 0.811. The van der Waals surface area contributed by atoms with Crippen molar-refractivity contribution in [1.29, 1.82) is 0 Å². The topological polar surface area (TPSA) is 88.5 Å². The second-order valence-electron chi connectivity index (χ2n) is 8.28. The summed E-state index contributed by atoms with van der Waals surface area (Å²) in [6.45, 7) is 4.27. The molecule has 0 unspecified atom stereocenters. The number of benzene rings is 2. The third kappa shape index (κ3) is 5.90. The molecule has 2 heterocycles. The number of ether oxygens (including phenoxy) is 1. The van der Waals surface area contributed by atoms with Crippen LogP contribution in [0.1, 0.15) is 24.1 Å². The van der Waals surface area contributed by atoms with Crippen molar-refractivity contribution in [1.82, 2.24) is 25.3 Å². The van der Waals surface area contributed by atoms with Crippen LogP contribution in [-0.4, -0.2) is 54.0 Å². The first kappa shape index (κ1) is 22.8. The molecule has 1 fully saturated rings. The summed E-state index contributed by atoms with van der Waals surface area (Å²) < 4.78 is 6.70. The van der Waals surface area contributed by atoms with E-state index in [2.05, 4.69) is 20.6 Å². The highest BCUT2D eigenvalue weighted by molar-refractivity contribution is 5.84. The van der Waals surface area contributed by atoms with Gasteiger partial charge in [0.2, 0.25) is 0 Å². The van der Waals surface area contributed by atoms with Crippen molar-refractivity contribution >= 4 is 16.8 Å². The van der Waals surface area contributed by atoms with E-state index in [1.807, 2.05) is 48.5 Å². The van der Waals surface area contributed by atoms with Crippen molar-refractivity contribution in [3.8, 4) is 5.75 Å². The Hall–Kier alpha value is -3.39. The molecular weight excluding hydrogens is 418 g/mol. The fourth-order valence-electron chi connectivity index (χ4n) is 4.17. The second kappa shape index (κ2) is 11.0. The van der Waals surface area contributed by atoms with Crippen LogP contribution in [0.25, 0.3) is 10.8 Å². The Morgan fingerprint density at radius 3 is 2.45 bits per heavy atom. The number of urea groups is 1. The lowest BCUT2D eigenvalue weighted by Gasteiger charge is -2.16. The molecule has 1 saturated heterocycles. The first-order chi connectivity index (χ1) is 16.1. The summed E-state index contributed by atoms with van der Waals surface area (Å²) >= 11 is 0. The minimum absolute atomic E-state index is 0.0857. The van der Waals surface area contributed by atoms with Gasteiger partial charge in [0.15, 0.2) is 0 Å². The Kier molecular flexibility index (Phi) is 7.57. The van der Waals surface area contributed by atoms with Gasteiger partial charge in [0.25, 0.3) is 5.56 Å². The zero-order chi connectivity index (χ0) is 23.0. The smallest absolute Gasteiger partial charge is 0.315 e. The third-order valence-corrected chi connectivity index (χ3v) is 6.05. The number of amides is 2. The lowest BCUT2D eigenvalue weighted by molar-refractivity contribution is 0.240. The van der Waals surface area contributed by atoms with Crippen molar-refractivity contribution < 1.29 is 9.53 Å². The van der Waals surface area contributed by atoms with Crippen LogP contribution in [0.2, 0.25) is 0 Å². The number of rotatable bonds is 9. The average Bonchev–Trinajstić information content (AvgIpc) is 3.37. The Labute approximate surface area is 193 Å². The van der Waals surface area contributed by atoms with Gasteiger partial charge in [0, 0.05) is 18.5 Å². The average molecular weight is 450 g/mol. The standard InChI is InChI=1S/C25H31N5O3/c1-33-20-10-8-19(9-11-20)12-13-26-25(32)27-18-23-21-6-2-3-7-22(21)24(31)30(28-23)17-16-29-14-4-5-15-29/h2-3,6-11H,4-5,12-18H2,1H3,(H2,26,27,32). The number of hydrogen-bond donors (Lipinski definition) is 2. The zero-order valence-corrected chi connectivity index (χ0v) is 19.0. The van der Waals surface area contributed by atoms with Crippen LogP contribution in [-0.2, 0) is 19.5 Å². The SMILES string of the molecule is COc1ccc(CCNC(=O)NCc2nn(CCN3CCCC3)c(=O)c3ccccc23)cc1. The molecule has 0 saturated carbocycles. The molecule has 0 radical (unpaired) electrons. The van der Waals surface area contributed by atoms with Crippen molar-refractivity contribution in [2.45, 2.75) is 32.4 Å². The largest absolute Gasteiger partial charge is 0.497 e. The monoisotopic (exact) mass is 449 g/mol. The van der Waals surface area contributed by atoms with E-state index in [-0.39, 0.29) is 18.1 Å². The summed E-state index contributed by atoms with van der Waals surface area (Å²) in [5, 5.41) is 11.8. The third-order valence-electron chi connectivity index (χ3n) is 6.05. The minimum atomic E-state index is -0.260. The summed E-state index contributed by atoms with van der Waals surface area (Å²) in [6.07, 6.45) is 3.14. The molecule has 4 rings (SSSR count). The summed E-state index contributed by atoms with van der Waals surface area (Å²) in [7, 11) is 1.64. The number of methoxy groups -OCH3 is 1. The highest BCUT2D eigenvalue weighted by Crippen LogP contribution is 2.14. The highest BCUT2D eigenvalue weighted by atomic mass is 16.5. The number of carbonyl (C=O) groups excluding carboxylic acids is 1. The van der Waals surface area contributed by atoms with Gasteiger partial charge in [-0.3, -0.25) is 4.79 Å². The van der Waals surface area contributed by atoms with Gasteiger partial charge in [-0.15, -0.1) is 0 Å². The second-order valence-corrected chi connectivity index (χ2v) is 8.28. The number of aromatic nitrogens is 2. The van der Waals surface area contributed by atoms with Crippen LogP contribution in [0.4, 0.5) is 4.79 Å². The molecule has 33 heavy (non-hydrogen) atoms. The van der Waals surface area contributed by atoms with Gasteiger partial charge in [-0.05, 0) is 56.1 Å². The molecule has 1 aliphatic heterocycles. The molecule has 8 heteroatoms. The predicted molar refractivity (Wildman–Crippen MR) is 129 cm³/mol. The maximum Gasteiger partial charge on any atom is 0.315 e. The van der Waals surface area contributed by atoms with E-state index in [0.29, 0.717) is 24.2 Å². The lowest BCUT2D eigenvalue weighted by Crippen LogP contribution is -2.37. The fourth-order valence-corrected chi connectivity index (χ4v) is 4.17. The van der Waals surface area contributed by atoms with E-state index in [9.17, 15) is 9.59 Å². The molecule has 2 aromatic carbocycles. The predicted octanol–water partition coefficient (Wildman–Crippen LogP) is 2.54. The maximum absolute atomic E-state index is 12.9. The number of nitrogens with one attached hydrogen (secondary N) is 2. The van der Waals surface area contributed by atoms with Crippen LogP contribution >= 0.6 is 0 Å². The van der Waals surface area contributed by atoms with Crippen LogP contribution in [0.3, 0.4) is 0 Å². The quantitative estimate of drug-likeness (QED) is 0.524.